The molecule has 0 spiro atoms. The molecule has 2 rings (SSSR count). The van der Waals surface area contributed by atoms with E-state index in [4.69, 9.17) is 5.73 Å². The van der Waals surface area contributed by atoms with Crippen molar-refractivity contribution in [3.63, 3.8) is 0 Å². The molecular weight excluding hydrogens is 266 g/mol. The van der Waals surface area contributed by atoms with Crippen molar-refractivity contribution in [3.05, 3.63) is 0 Å². The summed E-state index contributed by atoms with van der Waals surface area (Å²) in [7, 11) is -3.39. The highest BCUT2D eigenvalue weighted by Crippen LogP contribution is 2.17. The number of piperidine rings is 1. The highest BCUT2D eigenvalue weighted by molar-refractivity contribution is 7.91. The van der Waals surface area contributed by atoms with E-state index in [9.17, 15) is 8.42 Å². The standard InChI is InChI=1S/C11H21N5O2S/c1-2-19(17,18)11-10(12)16(15-14-11)8-6-9-5-3-4-7-13-9/h9,13H,2-8,12H2,1H3. The molecule has 7 nitrogen and oxygen atoms in total. The molecule has 1 unspecified atom stereocenters. The Morgan fingerprint density at radius 2 is 2.26 bits per heavy atom. The average Bonchev–Trinajstić information content (AvgIpc) is 2.79. The topological polar surface area (TPSA) is 103 Å². The molecule has 8 heteroatoms. The lowest BCUT2D eigenvalue weighted by Gasteiger charge is -2.23. The Balaban J connectivity index is 2.02. The van der Waals surface area contributed by atoms with E-state index in [2.05, 4.69) is 15.6 Å². The van der Waals surface area contributed by atoms with Crippen LogP contribution in [0.15, 0.2) is 5.03 Å². The SMILES string of the molecule is CCS(=O)(=O)c1nnn(CCC2CCCCN2)c1N. The lowest BCUT2D eigenvalue weighted by Crippen LogP contribution is -2.34. The van der Waals surface area contributed by atoms with Crippen molar-refractivity contribution in [3.8, 4) is 0 Å². The quantitative estimate of drug-likeness (QED) is 0.801. The summed E-state index contributed by atoms with van der Waals surface area (Å²) in [6.07, 6.45) is 4.49. The van der Waals surface area contributed by atoms with Gasteiger partial charge in [-0.05, 0) is 25.8 Å². The highest BCUT2D eigenvalue weighted by Gasteiger charge is 2.22. The zero-order chi connectivity index (χ0) is 13.9. The molecule has 19 heavy (non-hydrogen) atoms. The molecule has 1 aromatic heterocycles. The zero-order valence-electron chi connectivity index (χ0n) is 11.2. The number of hydrogen-bond acceptors (Lipinski definition) is 6. The summed E-state index contributed by atoms with van der Waals surface area (Å²) in [5.74, 6) is 0.137. The molecule has 1 atom stereocenters. The summed E-state index contributed by atoms with van der Waals surface area (Å²) < 4.78 is 25.0. The van der Waals surface area contributed by atoms with Crippen molar-refractivity contribution >= 4 is 15.7 Å². The van der Waals surface area contributed by atoms with Gasteiger partial charge >= 0.3 is 0 Å². The lowest BCUT2D eigenvalue weighted by atomic mass is 10.0. The Morgan fingerprint density at radius 1 is 1.47 bits per heavy atom. The van der Waals surface area contributed by atoms with Gasteiger partial charge in [0.05, 0.1) is 5.75 Å². The molecule has 0 aliphatic carbocycles. The number of nitrogens with two attached hydrogens (primary N) is 1. The Kier molecular flexibility index (Phi) is 4.41. The normalized spacial score (nSPS) is 20.6. The Bertz CT molecular complexity index is 519. The van der Waals surface area contributed by atoms with Gasteiger partial charge in [-0.25, -0.2) is 13.1 Å². The average molecular weight is 287 g/mol. The fourth-order valence-corrected chi connectivity index (χ4v) is 3.13. The number of sulfone groups is 1. The number of hydrogen-bond donors (Lipinski definition) is 2. The molecule has 0 amide bonds. The van der Waals surface area contributed by atoms with E-state index in [0.717, 1.165) is 19.4 Å². The first-order chi connectivity index (χ1) is 9.04. The second-order valence-corrected chi connectivity index (χ2v) is 7.04. The van der Waals surface area contributed by atoms with Crippen LogP contribution >= 0.6 is 0 Å². The smallest absolute Gasteiger partial charge is 0.220 e. The number of nitrogen functional groups attached to an aromatic ring is 1. The van der Waals surface area contributed by atoms with Crippen LogP contribution in [-0.4, -0.2) is 41.8 Å². The fourth-order valence-electron chi connectivity index (χ4n) is 2.28. The van der Waals surface area contributed by atoms with Crippen molar-refractivity contribution in [2.75, 3.05) is 18.0 Å². The summed E-state index contributed by atoms with van der Waals surface area (Å²) in [6.45, 7) is 3.21. The highest BCUT2D eigenvalue weighted by atomic mass is 32.2. The van der Waals surface area contributed by atoms with Gasteiger partial charge in [-0.15, -0.1) is 5.10 Å². The zero-order valence-corrected chi connectivity index (χ0v) is 12.0. The van der Waals surface area contributed by atoms with E-state index < -0.39 is 9.84 Å². The van der Waals surface area contributed by atoms with Crippen molar-refractivity contribution in [2.45, 2.75) is 50.2 Å². The van der Waals surface area contributed by atoms with E-state index in [0.29, 0.717) is 12.6 Å². The fraction of sp³-hybridized carbons (Fsp3) is 0.818. The van der Waals surface area contributed by atoms with Crippen molar-refractivity contribution in [1.82, 2.24) is 20.3 Å². The van der Waals surface area contributed by atoms with E-state index in [1.165, 1.54) is 17.5 Å². The van der Waals surface area contributed by atoms with Crippen LogP contribution in [0.3, 0.4) is 0 Å². The summed E-state index contributed by atoms with van der Waals surface area (Å²) >= 11 is 0. The largest absolute Gasteiger partial charge is 0.381 e. The first-order valence-corrected chi connectivity index (χ1v) is 8.35. The molecule has 0 bridgehead atoms. The van der Waals surface area contributed by atoms with Gasteiger partial charge < -0.3 is 11.1 Å². The van der Waals surface area contributed by atoms with Crippen LogP contribution in [0.4, 0.5) is 5.82 Å². The van der Waals surface area contributed by atoms with Crippen LogP contribution in [0.5, 0.6) is 0 Å². The monoisotopic (exact) mass is 287 g/mol. The lowest BCUT2D eigenvalue weighted by molar-refractivity contribution is 0.360. The minimum Gasteiger partial charge on any atom is -0.381 e. The van der Waals surface area contributed by atoms with E-state index >= 15 is 0 Å². The second kappa shape index (κ2) is 5.87. The molecule has 0 aromatic carbocycles. The molecule has 1 saturated heterocycles. The van der Waals surface area contributed by atoms with E-state index in [1.54, 1.807) is 6.92 Å². The van der Waals surface area contributed by atoms with Gasteiger partial charge in [-0.2, -0.15) is 0 Å². The van der Waals surface area contributed by atoms with Gasteiger partial charge in [-0.1, -0.05) is 18.6 Å². The molecule has 1 aliphatic rings. The van der Waals surface area contributed by atoms with Gasteiger partial charge in [0.1, 0.15) is 0 Å². The molecule has 1 fully saturated rings. The predicted molar refractivity (Wildman–Crippen MR) is 72.4 cm³/mol. The maximum Gasteiger partial charge on any atom is 0.220 e. The molecular formula is C11H21N5O2S. The summed E-state index contributed by atoms with van der Waals surface area (Å²) in [5.41, 5.74) is 5.82. The third-order valence-corrected chi connectivity index (χ3v) is 5.16. The van der Waals surface area contributed by atoms with Crippen LogP contribution in [0.25, 0.3) is 0 Å². The third kappa shape index (κ3) is 3.24. The first-order valence-electron chi connectivity index (χ1n) is 6.69. The van der Waals surface area contributed by atoms with E-state index in [1.807, 2.05) is 0 Å². The molecule has 0 radical (unpaired) electrons. The minimum atomic E-state index is -3.39. The van der Waals surface area contributed by atoms with Crippen LogP contribution < -0.4 is 11.1 Å². The molecule has 2 heterocycles. The maximum absolute atomic E-state index is 11.7. The summed E-state index contributed by atoms with van der Waals surface area (Å²) in [4.78, 5) is 0. The molecule has 108 valence electrons. The first kappa shape index (κ1) is 14.3. The van der Waals surface area contributed by atoms with Crippen molar-refractivity contribution < 1.29 is 8.42 Å². The number of aromatic nitrogens is 3. The van der Waals surface area contributed by atoms with Gasteiger partial charge in [0.15, 0.2) is 5.82 Å². The molecule has 3 N–H and O–H groups in total. The Hall–Kier alpha value is -1.15. The second-order valence-electron chi connectivity index (χ2n) is 4.84. The van der Waals surface area contributed by atoms with Crippen LogP contribution in [0.2, 0.25) is 0 Å². The van der Waals surface area contributed by atoms with Crippen molar-refractivity contribution in [2.24, 2.45) is 0 Å². The van der Waals surface area contributed by atoms with Crippen molar-refractivity contribution in [1.29, 1.82) is 0 Å². The molecule has 0 saturated carbocycles. The number of rotatable bonds is 5. The Morgan fingerprint density at radius 3 is 2.89 bits per heavy atom. The minimum absolute atomic E-state index is 0.0138. The molecule has 1 aromatic rings. The van der Waals surface area contributed by atoms with Crippen LogP contribution in [-0.2, 0) is 16.4 Å². The Labute approximate surface area is 113 Å². The summed E-state index contributed by atoms with van der Waals surface area (Å²) in [6, 6.07) is 0.462. The number of aryl methyl sites for hydroxylation is 1. The van der Waals surface area contributed by atoms with Gasteiger partial charge in [0.2, 0.25) is 14.9 Å². The maximum atomic E-state index is 11.7. The third-order valence-electron chi connectivity index (χ3n) is 3.52. The predicted octanol–water partition coefficient (Wildman–Crippen LogP) is 0.186. The van der Waals surface area contributed by atoms with Crippen LogP contribution in [0, 0.1) is 0 Å². The molecule has 1 aliphatic heterocycles. The summed E-state index contributed by atoms with van der Waals surface area (Å²) in [5, 5.41) is 10.9. The number of nitrogens with zero attached hydrogens (tertiary/aromatic N) is 3. The van der Waals surface area contributed by atoms with Crippen LogP contribution in [0.1, 0.15) is 32.6 Å². The number of anilines is 1. The van der Waals surface area contributed by atoms with Gasteiger partial charge in [0, 0.05) is 12.6 Å². The number of nitrogens with one attached hydrogen (secondary N) is 1. The van der Waals surface area contributed by atoms with E-state index in [-0.39, 0.29) is 16.6 Å². The van der Waals surface area contributed by atoms with Gasteiger partial charge in [0.25, 0.3) is 0 Å². The van der Waals surface area contributed by atoms with Gasteiger partial charge in [-0.3, -0.25) is 0 Å².